The summed E-state index contributed by atoms with van der Waals surface area (Å²) in [4.78, 5) is 41.2. The lowest BCUT2D eigenvalue weighted by Gasteiger charge is -2.33. The van der Waals surface area contributed by atoms with Crippen molar-refractivity contribution in [1.82, 2.24) is 9.80 Å². The third-order valence-corrected chi connectivity index (χ3v) is 6.03. The number of carbonyl (C=O) groups excluding carboxylic acids is 3. The summed E-state index contributed by atoms with van der Waals surface area (Å²) in [6.07, 6.45) is 5.15. The van der Waals surface area contributed by atoms with Crippen LogP contribution in [-0.4, -0.2) is 60.2 Å². The van der Waals surface area contributed by atoms with Crippen LogP contribution in [0.4, 0.5) is 0 Å². The Morgan fingerprint density at radius 3 is 2.19 bits per heavy atom. The van der Waals surface area contributed by atoms with Crippen molar-refractivity contribution in [3.8, 4) is 5.75 Å². The average Bonchev–Trinajstić information content (AvgIpc) is 2.81. The maximum Gasteiger partial charge on any atom is 0.225 e. The van der Waals surface area contributed by atoms with Gasteiger partial charge in [-0.25, -0.2) is 0 Å². The maximum atomic E-state index is 12.5. The average molecular weight is 431 g/mol. The van der Waals surface area contributed by atoms with Crippen molar-refractivity contribution in [1.29, 1.82) is 0 Å². The Morgan fingerprint density at radius 1 is 0.968 bits per heavy atom. The first-order valence-corrected chi connectivity index (χ1v) is 11.8. The molecule has 0 unspecified atom stereocenters. The van der Waals surface area contributed by atoms with E-state index >= 15 is 0 Å². The van der Waals surface area contributed by atoms with E-state index in [1.807, 2.05) is 30.9 Å². The van der Waals surface area contributed by atoms with Crippen molar-refractivity contribution in [3.63, 3.8) is 0 Å². The van der Waals surface area contributed by atoms with Crippen LogP contribution in [0.3, 0.4) is 0 Å². The van der Waals surface area contributed by atoms with E-state index in [1.165, 1.54) is 0 Å². The Morgan fingerprint density at radius 2 is 1.61 bits per heavy atom. The summed E-state index contributed by atoms with van der Waals surface area (Å²) >= 11 is 0. The van der Waals surface area contributed by atoms with Crippen LogP contribution in [0.2, 0.25) is 0 Å². The number of amides is 2. The molecule has 1 heterocycles. The minimum atomic E-state index is -0.0301. The molecule has 1 aliphatic heterocycles. The van der Waals surface area contributed by atoms with Crippen LogP contribution >= 0.6 is 0 Å². The molecule has 0 N–H and O–H groups in total. The van der Waals surface area contributed by atoms with Gasteiger partial charge >= 0.3 is 0 Å². The van der Waals surface area contributed by atoms with E-state index in [0.29, 0.717) is 38.1 Å². The predicted molar refractivity (Wildman–Crippen MR) is 122 cm³/mol. The van der Waals surface area contributed by atoms with Crippen molar-refractivity contribution in [2.24, 2.45) is 5.92 Å². The first kappa shape index (κ1) is 24.9. The zero-order valence-electron chi connectivity index (χ0n) is 19.4. The zero-order chi connectivity index (χ0) is 22.6. The lowest BCUT2D eigenvalue weighted by Crippen LogP contribution is -2.44. The summed E-state index contributed by atoms with van der Waals surface area (Å²) < 4.78 is 5.68. The Balaban J connectivity index is 1.73. The number of carbonyl (C=O) groups is 3. The number of benzene rings is 1. The smallest absolute Gasteiger partial charge is 0.225 e. The first-order chi connectivity index (χ1) is 15.0. The second-order valence-corrected chi connectivity index (χ2v) is 8.17. The van der Waals surface area contributed by atoms with Gasteiger partial charge in [0.25, 0.3) is 0 Å². The molecule has 1 aromatic carbocycles. The molecule has 1 saturated heterocycles. The fourth-order valence-corrected chi connectivity index (χ4v) is 3.97. The number of ketones is 1. The molecule has 0 saturated carbocycles. The van der Waals surface area contributed by atoms with Gasteiger partial charge in [-0.05, 0) is 57.4 Å². The number of hydrogen-bond acceptors (Lipinski definition) is 4. The van der Waals surface area contributed by atoms with Crippen molar-refractivity contribution in [2.75, 3.05) is 32.8 Å². The number of Topliss-reactive ketones (excluding diaryl/α,β-unsaturated/α-hetero) is 1. The zero-order valence-corrected chi connectivity index (χ0v) is 19.4. The Bertz CT molecular complexity index is 705. The highest BCUT2D eigenvalue weighted by Gasteiger charge is 2.29. The van der Waals surface area contributed by atoms with Gasteiger partial charge in [-0.2, -0.15) is 0 Å². The lowest BCUT2D eigenvalue weighted by atomic mass is 9.94. The van der Waals surface area contributed by atoms with Crippen LogP contribution in [0.1, 0.15) is 76.1 Å². The fraction of sp³-hybridized carbons (Fsp3) is 0.640. The van der Waals surface area contributed by atoms with Crippen LogP contribution in [0, 0.1) is 5.92 Å². The molecular weight excluding hydrogens is 392 g/mol. The van der Waals surface area contributed by atoms with Gasteiger partial charge < -0.3 is 14.5 Å². The SMILES string of the molecule is CCCCCOc1ccc(C(=O)CCC(=O)N2CCC(C(=O)N(CC)CC)CC2)cc1. The Kier molecular flexibility index (Phi) is 10.5. The number of ether oxygens (including phenoxy) is 1. The number of likely N-dealkylation sites (tertiary alicyclic amines) is 1. The van der Waals surface area contributed by atoms with Crippen molar-refractivity contribution in [2.45, 2.75) is 65.7 Å². The fourth-order valence-electron chi connectivity index (χ4n) is 3.97. The molecule has 0 bridgehead atoms. The van der Waals surface area contributed by atoms with Crippen LogP contribution < -0.4 is 4.74 Å². The van der Waals surface area contributed by atoms with Gasteiger partial charge in [-0.15, -0.1) is 0 Å². The highest BCUT2D eigenvalue weighted by atomic mass is 16.5. The van der Waals surface area contributed by atoms with E-state index in [4.69, 9.17) is 4.74 Å². The molecule has 1 fully saturated rings. The topological polar surface area (TPSA) is 66.9 Å². The summed E-state index contributed by atoms with van der Waals surface area (Å²) in [5, 5.41) is 0. The molecule has 31 heavy (non-hydrogen) atoms. The van der Waals surface area contributed by atoms with Crippen molar-refractivity contribution >= 4 is 17.6 Å². The van der Waals surface area contributed by atoms with Gasteiger partial charge in [0.15, 0.2) is 5.78 Å². The first-order valence-electron chi connectivity index (χ1n) is 11.8. The number of hydrogen-bond donors (Lipinski definition) is 0. The second-order valence-electron chi connectivity index (χ2n) is 8.17. The molecule has 1 aliphatic rings. The van der Waals surface area contributed by atoms with Gasteiger partial charge in [-0.1, -0.05) is 19.8 Å². The van der Waals surface area contributed by atoms with E-state index in [-0.39, 0.29) is 36.4 Å². The van der Waals surface area contributed by atoms with E-state index in [1.54, 1.807) is 17.0 Å². The van der Waals surface area contributed by atoms with E-state index < -0.39 is 0 Å². The quantitative estimate of drug-likeness (QED) is 0.366. The van der Waals surface area contributed by atoms with Gasteiger partial charge in [0.1, 0.15) is 5.75 Å². The molecule has 0 atom stereocenters. The molecule has 6 heteroatoms. The monoisotopic (exact) mass is 430 g/mol. The molecule has 0 radical (unpaired) electrons. The molecule has 0 aliphatic carbocycles. The largest absolute Gasteiger partial charge is 0.494 e. The summed E-state index contributed by atoms with van der Waals surface area (Å²) in [6.45, 7) is 9.46. The van der Waals surface area contributed by atoms with Crippen molar-refractivity contribution in [3.05, 3.63) is 29.8 Å². The lowest BCUT2D eigenvalue weighted by molar-refractivity contribution is -0.140. The normalized spacial score (nSPS) is 14.4. The summed E-state index contributed by atoms with van der Waals surface area (Å²) in [5.74, 6) is 0.944. The minimum absolute atomic E-state index is 0.00188. The van der Waals surface area contributed by atoms with Gasteiger partial charge in [0.05, 0.1) is 6.61 Å². The van der Waals surface area contributed by atoms with Gasteiger partial charge in [0, 0.05) is 50.5 Å². The highest BCUT2D eigenvalue weighted by molar-refractivity contribution is 5.98. The number of rotatable bonds is 12. The van der Waals surface area contributed by atoms with E-state index in [2.05, 4.69) is 6.92 Å². The van der Waals surface area contributed by atoms with Crippen LogP contribution in [0.15, 0.2) is 24.3 Å². The molecular formula is C25H38N2O4. The summed E-state index contributed by atoms with van der Waals surface area (Å²) in [5.41, 5.74) is 0.609. The van der Waals surface area contributed by atoms with Crippen LogP contribution in [0.5, 0.6) is 5.75 Å². The molecule has 2 amide bonds. The maximum absolute atomic E-state index is 12.5. The number of piperidine rings is 1. The molecule has 1 aromatic rings. The molecule has 6 nitrogen and oxygen atoms in total. The predicted octanol–water partition coefficient (Wildman–Crippen LogP) is 4.33. The van der Waals surface area contributed by atoms with Crippen LogP contribution in [-0.2, 0) is 9.59 Å². The van der Waals surface area contributed by atoms with E-state index in [0.717, 1.165) is 38.1 Å². The molecule has 172 valence electrons. The molecule has 2 rings (SSSR count). The third-order valence-electron chi connectivity index (χ3n) is 6.03. The second kappa shape index (κ2) is 13.1. The Hall–Kier alpha value is -2.37. The summed E-state index contributed by atoms with van der Waals surface area (Å²) in [7, 11) is 0. The third kappa shape index (κ3) is 7.67. The van der Waals surface area contributed by atoms with Crippen LogP contribution in [0.25, 0.3) is 0 Å². The number of unbranched alkanes of at least 4 members (excludes halogenated alkanes) is 2. The molecule has 0 spiro atoms. The molecule has 0 aromatic heterocycles. The van der Waals surface area contributed by atoms with Gasteiger partial charge in [0.2, 0.25) is 11.8 Å². The summed E-state index contributed by atoms with van der Waals surface area (Å²) in [6, 6.07) is 7.18. The van der Waals surface area contributed by atoms with Gasteiger partial charge in [-0.3, -0.25) is 14.4 Å². The highest BCUT2D eigenvalue weighted by Crippen LogP contribution is 2.21. The minimum Gasteiger partial charge on any atom is -0.494 e. The van der Waals surface area contributed by atoms with E-state index in [9.17, 15) is 14.4 Å². The number of nitrogens with zero attached hydrogens (tertiary/aromatic N) is 2. The Labute approximate surface area is 186 Å². The van der Waals surface area contributed by atoms with Crippen molar-refractivity contribution < 1.29 is 19.1 Å². The standard InChI is InChI=1S/C25H38N2O4/c1-4-7-8-19-31-22-11-9-20(10-12-22)23(28)13-14-24(29)27-17-15-21(16-18-27)25(30)26(5-2)6-3/h9-12,21H,4-8,13-19H2,1-3H3.